The molecule has 0 bridgehead atoms. The largest absolute Gasteiger partial charge is 0.399 e. The maximum absolute atomic E-state index is 5.70. The minimum Gasteiger partial charge on any atom is -0.399 e. The van der Waals surface area contributed by atoms with E-state index in [0.29, 0.717) is 5.92 Å². The lowest BCUT2D eigenvalue weighted by atomic mass is 10.0. The van der Waals surface area contributed by atoms with Gasteiger partial charge >= 0.3 is 0 Å². The second kappa shape index (κ2) is 5.79. The predicted molar refractivity (Wildman–Crippen MR) is 83.5 cm³/mol. The van der Waals surface area contributed by atoms with E-state index < -0.39 is 0 Å². The van der Waals surface area contributed by atoms with Crippen molar-refractivity contribution in [1.29, 1.82) is 0 Å². The number of benzene rings is 2. The van der Waals surface area contributed by atoms with Crippen molar-refractivity contribution in [2.75, 3.05) is 17.7 Å². The van der Waals surface area contributed by atoms with Crippen molar-refractivity contribution in [3.8, 4) is 0 Å². The van der Waals surface area contributed by atoms with E-state index in [4.69, 9.17) is 5.73 Å². The fourth-order valence-corrected chi connectivity index (χ4v) is 2.10. The highest BCUT2D eigenvalue weighted by molar-refractivity contribution is 5.48. The van der Waals surface area contributed by atoms with Gasteiger partial charge in [0.05, 0.1) is 0 Å². The Morgan fingerprint density at radius 2 is 1.53 bits per heavy atom. The van der Waals surface area contributed by atoms with Gasteiger partial charge < -0.3 is 10.6 Å². The maximum atomic E-state index is 5.70. The highest BCUT2D eigenvalue weighted by Gasteiger charge is 2.04. The van der Waals surface area contributed by atoms with E-state index >= 15 is 0 Å². The lowest BCUT2D eigenvalue weighted by Crippen LogP contribution is -2.16. The summed E-state index contributed by atoms with van der Waals surface area (Å²) >= 11 is 0. The Hall–Kier alpha value is -1.96. The number of anilines is 2. The molecule has 0 fully saturated rings. The van der Waals surface area contributed by atoms with Crippen LogP contribution in [0.4, 0.5) is 11.4 Å². The summed E-state index contributed by atoms with van der Waals surface area (Å²) in [5, 5.41) is 0. The molecule has 2 aromatic rings. The smallest absolute Gasteiger partial charge is 0.0426 e. The Balaban J connectivity index is 2.07. The van der Waals surface area contributed by atoms with Crippen LogP contribution in [0.25, 0.3) is 0 Å². The van der Waals surface area contributed by atoms with Crippen LogP contribution in [-0.2, 0) is 6.54 Å². The molecule has 0 amide bonds. The average Bonchev–Trinajstić information content (AvgIpc) is 2.41. The molecule has 0 unspecified atom stereocenters. The summed E-state index contributed by atoms with van der Waals surface area (Å²) in [7, 11) is 2.11. The lowest BCUT2D eigenvalue weighted by molar-refractivity contribution is 0.863. The van der Waals surface area contributed by atoms with Gasteiger partial charge in [-0.1, -0.05) is 38.1 Å². The van der Waals surface area contributed by atoms with Crippen molar-refractivity contribution in [2.45, 2.75) is 26.3 Å². The fraction of sp³-hybridized carbons (Fsp3) is 0.294. The first-order chi connectivity index (χ1) is 9.06. The van der Waals surface area contributed by atoms with Crippen LogP contribution in [-0.4, -0.2) is 7.05 Å². The van der Waals surface area contributed by atoms with Gasteiger partial charge in [0.15, 0.2) is 0 Å². The van der Waals surface area contributed by atoms with Gasteiger partial charge in [0.2, 0.25) is 0 Å². The van der Waals surface area contributed by atoms with Crippen LogP contribution in [0.3, 0.4) is 0 Å². The average molecular weight is 254 g/mol. The summed E-state index contributed by atoms with van der Waals surface area (Å²) in [6.07, 6.45) is 0. The molecule has 2 heteroatoms. The predicted octanol–water partition coefficient (Wildman–Crippen LogP) is 4.03. The second-order valence-electron chi connectivity index (χ2n) is 5.34. The van der Waals surface area contributed by atoms with Gasteiger partial charge in [0.1, 0.15) is 0 Å². The zero-order chi connectivity index (χ0) is 13.8. The quantitative estimate of drug-likeness (QED) is 0.835. The van der Waals surface area contributed by atoms with Crippen LogP contribution in [0.5, 0.6) is 0 Å². The minimum atomic E-state index is 0.580. The Bertz CT molecular complexity index is 512. The Labute approximate surface area is 115 Å². The zero-order valence-electron chi connectivity index (χ0n) is 11.9. The molecule has 100 valence electrons. The SMILES string of the molecule is CC(C)c1ccc(N(C)Cc2ccc(N)cc2)cc1. The standard InChI is InChI=1S/C17H22N2/c1-13(2)15-6-10-17(11-7-15)19(3)12-14-4-8-16(18)9-5-14/h4-11,13H,12,18H2,1-3H3. The molecule has 19 heavy (non-hydrogen) atoms. The number of hydrogen-bond donors (Lipinski definition) is 1. The van der Waals surface area contributed by atoms with Gasteiger partial charge in [-0.15, -0.1) is 0 Å². The highest BCUT2D eigenvalue weighted by Crippen LogP contribution is 2.20. The molecule has 2 aromatic carbocycles. The van der Waals surface area contributed by atoms with Crippen LogP contribution < -0.4 is 10.6 Å². The molecule has 2 N–H and O–H groups in total. The summed E-state index contributed by atoms with van der Waals surface area (Å²) in [5.74, 6) is 0.580. The van der Waals surface area contributed by atoms with Crippen LogP contribution in [0, 0.1) is 0 Å². The van der Waals surface area contributed by atoms with E-state index in [-0.39, 0.29) is 0 Å². The fourth-order valence-electron chi connectivity index (χ4n) is 2.10. The van der Waals surface area contributed by atoms with E-state index in [9.17, 15) is 0 Å². The van der Waals surface area contributed by atoms with Crippen molar-refractivity contribution < 1.29 is 0 Å². The van der Waals surface area contributed by atoms with Crippen molar-refractivity contribution in [3.63, 3.8) is 0 Å². The molecule has 0 saturated heterocycles. The normalized spacial score (nSPS) is 10.7. The summed E-state index contributed by atoms with van der Waals surface area (Å²) in [6.45, 7) is 5.32. The molecule has 0 atom stereocenters. The number of rotatable bonds is 4. The van der Waals surface area contributed by atoms with E-state index in [2.05, 4.69) is 62.2 Å². The second-order valence-corrected chi connectivity index (χ2v) is 5.34. The number of hydrogen-bond acceptors (Lipinski definition) is 2. The summed E-state index contributed by atoms with van der Waals surface area (Å²) in [6, 6.07) is 16.8. The van der Waals surface area contributed by atoms with Crippen LogP contribution in [0.15, 0.2) is 48.5 Å². The van der Waals surface area contributed by atoms with Crippen molar-refractivity contribution in [2.24, 2.45) is 0 Å². The van der Waals surface area contributed by atoms with Gasteiger partial charge in [-0.3, -0.25) is 0 Å². The molecular formula is C17H22N2. The molecule has 0 aliphatic heterocycles. The van der Waals surface area contributed by atoms with Crippen molar-refractivity contribution in [3.05, 3.63) is 59.7 Å². The van der Waals surface area contributed by atoms with Gasteiger partial charge in [0.25, 0.3) is 0 Å². The molecule has 0 aliphatic carbocycles. The first kappa shape index (κ1) is 13.5. The molecule has 2 nitrogen and oxygen atoms in total. The topological polar surface area (TPSA) is 29.3 Å². The Morgan fingerprint density at radius 3 is 2.05 bits per heavy atom. The van der Waals surface area contributed by atoms with E-state index in [1.807, 2.05) is 12.1 Å². The molecule has 0 aliphatic rings. The molecule has 0 radical (unpaired) electrons. The molecule has 0 heterocycles. The minimum absolute atomic E-state index is 0.580. The summed E-state index contributed by atoms with van der Waals surface area (Å²) in [4.78, 5) is 2.25. The Morgan fingerprint density at radius 1 is 0.947 bits per heavy atom. The van der Waals surface area contributed by atoms with E-state index in [0.717, 1.165) is 12.2 Å². The van der Waals surface area contributed by atoms with Gasteiger partial charge in [-0.05, 0) is 41.3 Å². The third kappa shape index (κ3) is 3.50. The van der Waals surface area contributed by atoms with Gasteiger partial charge in [-0.2, -0.15) is 0 Å². The molecular weight excluding hydrogens is 232 g/mol. The first-order valence-corrected chi connectivity index (χ1v) is 6.72. The van der Waals surface area contributed by atoms with Gasteiger partial charge in [0, 0.05) is 25.0 Å². The summed E-state index contributed by atoms with van der Waals surface area (Å²) < 4.78 is 0. The first-order valence-electron chi connectivity index (χ1n) is 6.72. The zero-order valence-corrected chi connectivity index (χ0v) is 11.9. The lowest BCUT2D eigenvalue weighted by Gasteiger charge is -2.20. The number of nitrogen functional groups attached to an aromatic ring is 1. The molecule has 0 spiro atoms. The molecule has 0 saturated carbocycles. The van der Waals surface area contributed by atoms with E-state index in [1.54, 1.807) is 0 Å². The van der Waals surface area contributed by atoms with E-state index in [1.165, 1.54) is 16.8 Å². The van der Waals surface area contributed by atoms with Crippen LogP contribution in [0.1, 0.15) is 30.9 Å². The monoisotopic (exact) mass is 254 g/mol. The molecule has 2 rings (SSSR count). The number of nitrogens with zero attached hydrogens (tertiary/aromatic N) is 1. The summed E-state index contributed by atoms with van der Waals surface area (Å²) in [5.41, 5.74) is 10.4. The maximum Gasteiger partial charge on any atom is 0.0426 e. The number of nitrogens with two attached hydrogens (primary N) is 1. The van der Waals surface area contributed by atoms with Crippen molar-refractivity contribution >= 4 is 11.4 Å². The van der Waals surface area contributed by atoms with Crippen molar-refractivity contribution in [1.82, 2.24) is 0 Å². The highest BCUT2D eigenvalue weighted by atomic mass is 15.1. The van der Waals surface area contributed by atoms with Gasteiger partial charge in [-0.25, -0.2) is 0 Å². The third-order valence-electron chi connectivity index (χ3n) is 3.40. The Kier molecular flexibility index (Phi) is 4.10. The molecule has 0 aromatic heterocycles. The van der Waals surface area contributed by atoms with Crippen LogP contribution >= 0.6 is 0 Å². The van der Waals surface area contributed by atoms with Crippen LogP contribution in [0.2, 0.25) is 0 Å². The third-order valence-corrected chi connectivity index (χ3v) is 3.40.